The molecule has 56 heavy (non-hydrogen) atoms. The fourth-order valence-electron chi connectivity index (χ4n) is 6.65. The van der Waals surface area contributed by atoms with Crippen molar-refractivity contribution in [3.8, 4) is 33.6 Å². The monoisotopic (exact) mass is 752 g/mol. The Labute approximate surface area is 328 Å². The second-order valence-corrected chi connectivity index (χ2v) is 16.9. The summed E-state index contributed by atoms with van der Waals surface area (Å²) in [5.74, 6) is 0.191. The first-order chi connectivity index (χ1) is 26.4. The fourth-order valence-corrected chi connectivity index (χ4v) is 6.65. The van der Waals surface area contributed by atoms with Gasteiger partial charge in [0.25, 0.3) is 11.8 Å². The van der Waals surface area contributed by atoms with E-state index in [0.29, 0.717) is 22.8 Å². The van der Waals surface area contributed by atoms with Crippen molar-refractivity contribution in [2.75, 3.05) is 0 Å². The highest BCUT2D eigenvalue weighted by Crippen LogP contribution is 2.36. The van der Waals surface area contributed by atoms with E-state index in [4.69, 9.17) is 9.97 Å². The number of imidazole rings is 2. The smallest absolute Gasteiger partial charge is 0.256 e. The molecule has 0 fully saturated rings. The van der Waals surface area contributed by atoms with Crippen molar-refractivity contribution >= 4 is 11.8 Å². The van der Waals surface area contributed by atoms with Crippen LogP contribution in [0.4, 0.5) is 0 Å². The Bertz CT molecular complexity index is 2100. The number of carbonyl (C=O) groups is 2. The lowest BCUT2D eigenvalue weighted by Gasteiger charge is -2.33. The summed E-state index contributed by atoms with van der Waals surface area (Å²) in [5.41, 5.74) is 2.16. The van der Waals surface area contributed by atoms with Gasteiger partial charge in [-0.3, -0.25) is 9.59 Å². The van der Waals surface area contributed by atoms with E-state index in [0.717, 1.165) is 33.6 Å². The Hall–Kier alpha value is -5.84. The van der Waals surface area contributed by atoms with Crippen molar-refractivity contribution in [3.63, 3.8) is 0 Å². The Morgan fingerprint density at radius 3 is 1.11 bits per heavy atom. The van der Waals surface area contributed by atoms with E-state index >= 15 is 0 Å². The first-order valence-electron chi connectivity index (χ1n) is 18.9. The van der Waals surface area contributed by atoms with Crippen molar-refractivity contribution in [1.82, 2.24) is 30.6 Å². The van der Waals surface area contributed by atoms with Crippen molar-refractivity contribution in [2.45, 2.75) is 78.7 Å². The van der Waals surface area contributed by atoms with Crippen LogP contribution in [0.1, 0.15) is 90.2 Å². The highest BCUT2D eigenvalue weighted by atomic mass is 16.3. The van der Waals surface area contributed by atoms with Gasteiger partial charge in [0.05, 0.1) is 23.5 Å². The van der Waals surface area contributed by atoms with Crippen molar-refractivity contribution in [3.05, 3.63) is 144 Å². The second kappa shape index (κ2) is 15.4. The van der Waals surface area contributed by atoms with Gasteiger partial charge >= 0.3 is 0 Å². The Morgan fingerprint density at radius 1 is 0.500 bits per heavy atom. The molecule has 4 unspecified atom stereocenters. The summed E-state index contributed by atoms with van der Waals surface area (Å²) in [7, 11) is 0. The highest BCUT2D eigenvalue weighted by molar-refractivity contribution is 5.87. The number of aliphatic hydroxyl groups is 2. The van der Waals surface area contributed by atoms with Crippen LogP contribution in [0, 0.1) is 10.8 Å². The van der Waals surface area contributed by atoms with Gasteiger partial charge in [0, 0.05) is 23.5 Å². The van der Waals surface area contributed by atoms with E-state index in [1.807, 2.05) is 115 Å². The maximum Gasteiger partial charge on any atom is 0.256 e. The zero-order chi connectivity index (χ0) is 40.5. The number of amides is 2. The molecule has 2 aromatic heterocycles. The maximum atomic E-state index is 13.4. The third kappa shape index (κ3) is 8.51. The van der Waals surface area contributed by atoms with Gasteiger partial charge in [-0.2, -0.15) is 0 Å². The number of hydrogen-bond acceptors (Lipinski definition) is 6. The Kier molecular flexibility index (Phi) is 10.9. The maximum absolute atomic E-state index is 13.4. The Balaban J connectivity index is 1.15. The molecular formula is C46H52N6O4. The number of nitrogens with zero attached hydrogens (tertiary/aromatic N) is 2. The molecule has 6 rings (SSSR count). The van der Waals surface area contributed by atoms with Crippen molar-refractivity contribution in [1.29, 1.82) is 0 Å². The predicted octanol–water partition coefficient (Wildman–Crippen LogP) is 8.36. The van der Waals surface area contributed by atoms with Crippen LogP contribution < -0.4 is 10.6 Å². The topological polar surface area (TPSA) is 156 Å². The molecular weight excluding hydrogens is 701 g/mol. The number of rotatable bonds is 11. The number of aromatic nitrogens is 4. The van der Waals surface area contributed by atoms with Gasteiger partial charge in [-0.15, -0.1) is 0 Å². The van der Waals surface area contributed by atoms with E-state index < -0.39 is 45.9 Å². The van der Waals surface area contributed by atoms with Gasteiger partial charge in [0.1, 0.15) is 11.6 Å². The van der Waals surface area contributed by atoms with Crippen molar-refractivity contribution < 1.29 is 19.8 Å². The lowest BCUT2D eigenvalue weighted by Crippen LogP contribution is -2.47. The third-order valence-corrected chi connectivity index (χ3v) is 10.3. The van der Waals surface area contributed by atoms with Gasteiger partial charge in [0.2, 0.25) is 0 Å². The summed E-state index contributed by atoms with van der Waals surface area (Å²) >= 11 is 0. The van der Waals surface area contributed by atoms with Gasteiger partial charge in [-0.05, 0) is 46.9 Å². The summed E-state index contributed by atoms with van der Waals surface area (Å²) < 4.78 is 0. The number of benzene rings is 4. The van der Waals surface area contributed by atoms with E-state index in [1.165, 1.54) is 13.8 Å². The molecule has 0 saturated heterocycles. The van der Waals surface area contributed by atoms with Crippen LogP contribution in [0.15, 0.2) is 122 Å². The quantitative estimate of drug-likeness (QED) is 0.0782. The van der Waals surface area contributed by atoms with Crippen LogP contribution in [-0.4, -0.2) is 42.0 Å². The summed E-state index contributed by atoms with van der Waals surface area (Å²) in [4.78, 5) is 43.1. The molecule has 4 aromatic carbocycles. The van der Waals surface area contributed by atoms with Crippen LogP contribution in [-0.2, 0) is 20.8 Å². The van der Waals surface area contributed by atoms with E-state index in [2.05, 4.69) is 20.6 Å². The summed E-state index contributed by atoms with van der Waals surface area (Å²) in [6.45, 7) is 15.1. The SMILES string of the molecule is CC(O)(C(=O)NC(c1nc(-c2ccc(-c3ccc(-c4c[nH]c(C(NC(=O)C(C)(O)c5ccccc5)C(C)(C)C)n4)cc3)cc2)c[nH]1)C(C)(C)C)c1ccccc1. The number of carbonyl (C=O) groups excluding carboxylic acids is 2. The number of aromatic amines is 2. The lowest BCUT2D eigenvalue weighted by molar-refractivity contribution is -0.141. The lowest BCUT2D eigenvalue weighted by atomic mass is 9.85. The first kappa shape index (κ1) is 39.8. The van der Waals surface area contributed by atoms with Crippen LogP contribution in [0.3, 0.4) is 0 Å². The van der Waals surface area contributed by atoms with Crippen LogP contribution in [0.2, 0.25) is 0 Å². The van der Waals surface area contributed by atoms with Gasteiger partial charge < -0.3 is 30.8 Å². The van der Waals surface area contributed by atoms with Crippen LogP contribution in [0.5, 0.6) is 0 Å². The van der Waals surface area contributed by atoms with Crippen LogP contribution >= 0.6 is 0 Å². The second-order valence-electron chi connectivity index (χ2n) is 16.9. The molecule has 290 valence electrons. The first-order valence-corrected chi connectivity index (χ1v) is 18.9. The standard InChI is InChI=1S/C46H52N6O4/c1-43(2,3)37(51-41(53)45(7,55)33-15-11-9-12-16-33)39-47-27-35(49-39)31-23-19-29(20-24-31)30-21-25-32(26-22-30)36-28-48-40(50-36)38(44(4,5)6)52-42(54)46(8,56)34-17-13-10-14-18-34/h9-28,37-38,55-56H,1-8H3,(H,47,49)(H,48,50)(H,51,53)(H,52,54). The van der Waals surface area contributed by atoms with Crippen LogP contribution in [0.25, 0.3) is 33.6 Å². The molecule has 10 heteroatoms. The van der Waals surface area contributed by atoms with Gasteiger partial charge in [0.15, 0.2) is 11.2 Å². The summed E-state index contributed by atoms with van der Waals surface area (Å²) in [6.07, 6.45) is 3.66. The number of H-pyrrole nitrogens is 2. The molecule has 0 aliphatic heterocycles. The summed E-state index contributed by atoms with van der Waals surface area (Å²) in [5, 5.41) is 28.4. The highest BCUT2D eigenvalue weighted by Gasteiger charge is 2.39. The molecule has 2 heterocycles. The van der Waals surface area contributed by atoms with E-state index in [1.54, 1.807) is 48.5 Å². The normalized spacial score (nSPS) is 15.2. The predicted molar refractivity (Wildman–Crippen MR) is 220 cm³/mol. The van der Waals surface area contributed by atoms with Gasteiger partial charge in [-0.25, -0.2) is 9.97 Å². The molecule has 0 saturated carbocycles. The van der Waals surface area contributed by atoms with Gasteiger partial charge in [-0.1, -0.05) is 151 Å². The zero-order valence-corrected chi connectivity index (χ0v) is 33.3. The zero-order valence-electron chi connectivity index (χ0n) is 33.3. The minimum atomic E-state index is -1.71. The Morgan fingerprint density at radius 2 is 0.804 bits per heavy atom. The molecule has 0 radical (unpaired) electrons. The molecule has 0 aliphatic rings. The number of hydrogen-bond donors (Lipinski definition) is 6. The fraction of sp³-hybridized carbons (Fsp3) is 0.304. The molecule has 0 aliphatic carbocycles. The molecule has 4 atom stereocenters. The largest absolute Gasteiger partial charge is 0.376 e. The minimum absolute atomic E-state index is 0.403. The average Bonchev–Trinajstić information content (AvgIpc) is 3.87. The van der Waals surface area contributed by atoms with Crippen molar-refractivity contribution in [2.24, 2.45) is 10.8 Å². The molecule has 10 nitrogen and oxygen atoms in total. The molecule has 2 amide bonds. The summed E-state index contributed by atoms with van der Waals surface area (Å²) in [6, 6.07) is 33.1. The number of nitrogens with one attached hydrogen (secondary N) is 4. The van der Waals surface area contributed by atoms with E-state index in [-0.39, 0.29) is 0 Å². The molecule has 6 N–H and O–H groups in total. The molecule has 6 aromatic rings. The average molecular weight is 753 g/mol. The van der Waals surface area contributed by atoms with E-state index in [9.17, 15) is 19.8 Å². The molecule has 0 spiro atoms. The third-order valence-electron chi connectivity index (χ3n) is 10.3. The minimum Gasteiger partial charge on any atom is -0.376 e. The molecule has 0 bridgehead atoms.